The molecule has 3 N–H and O–H groups in total. The first-order valence-corrected chi connectivity index (χ1v) is 10.2. The summed E-state index contributed by atoms with van der Waals surface area (Å²) in [5.74, 6) is -0.245. The normalized spacial score (nSPS) is 22.1. The molecular formula is C18H22N4O5S. The fraction of sp³-hybridized carbons (Fsp3) is 0.333. The number of anilines is 1. The Morgan fingerprint density at radius 2 is 2.04 bits per heavy atom. The molecule has 1 aliphatic rings. The highest BCUT2D eigenvalue weighted by molar-refractivity contribution is 7.89. The van der Waals surface area contributed by atoms with Crippen molar-refractivity contribution in [3.8, 4) is 0 Å². The quantitative estimate of drug-likeness (QED) is 0.573. The van der Waals surface area contributed by atoms with Crippen LogP contribution in [0.3, 0.4) is 0 Å². The maximum atomic E-state index is 12.4. The van der Waals surface area contributed by atoms with E-state index in [1.165, 1.54) is 17.1 Å². The van der Waals surface area contributed by atoms with E-state index in [9.17, 15) is 18.3 Å². The molecular weight excluding hydrogens is 384 g/mol. The van der Waals surface area contributed by atoms with Gasteiger partial charge in [-0.1, -0.05) is 30.4 Å². The molecule has 2 heterocycles. The molecule has 0 unspecified atom stereocenters. The van der Waals surface area contributed by atoms with Crippen molar-refractivity contribution in [2.24, 2.45) is 7.05 Å². The molecule has 150 valence electrons. The number of hydrogen-bond donors (Lipinski definition) is 3. The van der Waals surface area contributed by atoms with Crippen molar-refractivity contribution in [1.82, 2.24) is 14.3 Å². The summed E-state index contributed by atoms with van der Waals surface area (Å²) in [6, 6.07) is 8.24. The van der Waals surface area contributed by atoms with E-state index in [1.54, 1.807) is 31.3 Å². The highest BCUT2D eigenvalue weighted by Crippen LogP contribution is 2.18. The minimum atomic E-state index is -3.87. The molecule has 28 heavy (non-hydrogen) atoms. The Morgan fingerprint density at radius 1 is 1.29 bits per heavy atom. The number of benzene rings is 1. The van der Waals surface area contributed by atoms with Crippen LogP contribution in [-0.4, -0.2) is 53.8 Å². The Bertz CT molecular complexity index is 942. The number of carbonyl (C=O) groups excluding carboxylic acids is 1. The number of aromatic nitrogens is 2. The predicted molar refractivity (Wildman–Crippen MR) is 102 cm³/mol. The third-order valence-corrected chi connectivity index (χ3v) is 5.50. The summed E-state index contributed by atoms with van der Waals surface area (Å²) in [6.07, 6.45) is 4.61. The lowest BCUT2D eigenvalue weighted by atomic mass is 10.1. The summed E-state index contributed by atoms with van der Waals surface area (Å²) in [5.41, 5.74) is 0.673. The highest BCUT2D eigenvalue weighted by Gasteiger charge is 2.32. The van der Waals surface area contributed by atoms with Gasteiger partial charge in [-0.3, -0.25) is 4.79 Å². The molecule has 0 saturated heterocycles. The number of carbonyl (C=O) groups is 1. The van der Waals surface area contributed by atoms with Crippen LogP contribution in [0.1, 0.15) is 6.42 Å². The Kier molecular flexibility index (Phi) is 6.25. The molecule has 10 heteroatoms. The topological polar surface area (TPSA) is 123 Å². The fourth-order valence-corrected chi connectivity index (χ4v) is 3.99. The van der Waals surface area contributed by atoms with Gasteiger partial charge in [0.05, 0.1) is 31.5 Å². The molecule has 0 radical (unpaired) electrons. The van der Waals surface area contributed by atoms with Gasteiger partial charge in [-0.05, 0) is 12.1 Å². The molecule has 3 rings (SSSR count). The lowest BCUT2D eigenvalue weighted by molar-refractivity contribution is -0.120. The molecule has 0 spiro atoms. The molecule has 0 aliphatic carbocycles. The molecule has 1 aromatic heterocycles. The second-order valence-corrected chi connectivity index (χ2v) is 8.08. The first kappa shape index (κ1) is 20.2. The fourth-order valence-electron chi connectivity index (χ4n) is 2.79. The van der Waals surface area contributed by atoms with Crippen LogP contribution in [0.4, 0.5) is 5.69 Å². The number of para-hydroxylation sites is 1. The number of imidazole rings is 1. The van der Waals surface area contributed by atoms with E-state index in [4.69, 9.17) is 4.74 Å². The average Bonchev–Trinajstić information content (AvgIpc) is 3.11. The predicted octanol–water partition coefficient (Wildman–Crippen LogP) is 0.412. The van der Waals surface area contributed by atoms with Crippen LogP contribution in [0.15, 0.2) is 60.0 Å². The number of amides is 1. The zero-order valence-corrected chi connectivity index (χ0v) is 16.0. The van der Waals surface area contributed by atoms with Gasteiger partial charge >= 0.3 is 0 Å². The van der Waals surface area contributed by atoms with Crippen LogP contribution in [0, 0.1) is 0 Å². The van der Waals surface area contributed by atoms with Gasteiger partial charge in [-0.2, -0.15) is 0 Å². The Hall–Kier alpha value is -2.53. The van der Waals surface area contributed by atoms with E-state index in [2.05, 4.69) is 15.0 Å². The van der Waals surface area contributed by atoms with Crippen LogP contribution in [-0.2, 0) is 26.6 Å². The molecule has 9 nitrogen and oxygen atoms in total. The van der Waals surface area contributed by atoms with Gasteiger partial charge in [-0.15, -0.1) is 0 Å². The van der Waals surface area contributed by atoms with Crippen LogP contribution in [0.25, 0.3) is 0 Å². The molecule has 0 fully saturated rings. The molecule has 1 amide bonds. The first-order valence-electron chi connectivity index (χ1n) is 8.67. The van der Waals surface area contributed by atoms with Crippen LogP contribution < -0.4 is 10.0 Å². The largest absolute Gasteiger partial charge is 0.394 e. The van der Waals surface area contributed by atoms with Crippen molar-refractivity contribution >= 4 is 21.6 Å². The van der Waals surface area contributed by atoms with E-state index in [0.29, 0.717) is 5.69 Å². The summed E-state index contributed by atoms with van der Waals surface area (Å²) >= 11 is 0. The Labute approximate surface area is 163 Å². The third kappa shape index (κ3) is 5.04. The van der Waals surface area contributed by atoms with Gasteiger partial charge < -0.3 is 19.7 Å². The first-order chi connectivity index (χ1) is 13.4. The third-order valence-electron chi connectivity index (χ3n) is 4.16. The molecule has 0 bridgehead atoms. The smallest absolute Gasteiger partial charge is 0.260 e. The Morgan fingerprint density at radius 3 is 2.68 bits per heavy atom. The number of nitrogens with zero attached hydrogens (tertiary/aromatic N) is 2. The number of hydrogen-bond acceptors (Lipinski definition) is 6. The summed E-state index contributed by atoms with van der Waals surface area (Å²) in [4.78, 5) is 16.0. The zero-order chi connectivity index (χ0) is 20.1. The van der Waals surface area contributed by atoms with Crippen molar-refractivity contribution in [1.29, 1.82) is 0 Å². The summed E-state index contributed by atoms with van der Waals surface area (Å²) in [5, 5.41) is 12.2. The van der Waals surface area contributed by atoms with Crippen molar-refractivity contribution < 1.29 is 23.1 Å². The number of rotatable bonds is 7. The van der Waals surface area contributed by atoms with E-state index in [-0.39, 0.29) is 17.4 Å². The van der Waals surface area contributed by atoms with Gasteiger partial charge in [0.25, 0.3) is 10.0 Å². The maximum absolute atomic E-state index is 12.4. The van der Waals surface area contributed by atoms with Crippen molar-refractivity contribution in [2.45, 2.75) is 29.7 Å². The molecule has 3 atom stereocenters. The maximum Gasteiger partial charge on any atom is 0.260 e. The molecule has 1 aliphatic heterocycles. The van der Waals surface area contributed by atoms with Gasteiger partial charge in [-0.25, -0.2) is 18.1 Å². The second kappa shape index (κ2) is 8.65. The lowest BCUT2D eigenvalue weighted by Gasteiger charge is -2.31. The summed E-state index contributed by atoms with van der Waals surface area (Å²) in [7, 11) is -2.20. The Balaban J connectivity index is 1.62. The molecule has 2 aromatic rings. The monoisotopic (exact) mass is 406 g/mol. The molecule has 1 aromatic carbocycles. The van der Waals surface area contributed by atoms with E-state index < -0.39 is 34.9 Å². The second-order valence-electron chi connectivity index (χ2n) is 6.42. The highest BCUT2D eigenvalue weighted by atomic mass is 32.2. The number of aryl methyl sites for hydroxylation is 1. The van der Waals surface area contributed by atoms with Crippen molar-refractivity contribution in [3.05, 3.63) is 55.0 Å². The van der Waals surface area contributed by atoms with Crippen LogP contribution in [0.5, 0.6) is 0 Å². The number of ether oxygens (including phenoxy) is 1. The summed E-state index contributed by atoms with van der Waals surface area (Å²) in [6.45, 7) is -0.406. The van der Waals surface area contributed by atoms with Gasteiger partial charge in [0.2, 0.25) is 5.91 Å². The minimum absolute atomic E-state index is 0.0433. The van der Waals surface area contributed by atoms with E-state index in [1.807, 2.05) is 18.2 Å². The number of aliphatic hydroxyl groups excluding tert-OH is 1. The minimum Gasteiger partial charge on any atom is -0.394 e. The van der Waals surface area contributed by atoms with Crippen molar-refractivity contribution in [3.63, 3.8) is 0 Å². The van der Waals surface area contributed by atoms with Crippen molar-refractivity contribution in [2.75, 3.05) is 11.9 Å². The van der Waals surface area contributed by atoms with E-state index in [0.717, 1.165) is 0 Å². The number of nitrogens with one attached hydrogen (secondary N) is 2. The van der Waals surface area contributed by atoms with Gasteiger partial charge in [0, 0.05) is 18.9 Å². The lowest BCUT2D eigenvalue weighted by Crippen LogP contribution is -2.48. The van der Waals surface area contributed by atoms with Crippen LogP contribution in [0.2, 0.25) is 0 Å². The number of sulfonamides is 1. The van der Waals surface area contributed by atoms with Gasteiger partial charge in [0.1, 0.15) is 6.10 Å². The zero-order valence-electron chi connectivity index (χ0n) is 15.2. The standard InChI is InChI=1S/C18H22N4O5S/c1-22-10-18(19-12-22)28(25,26)21-15-8-7-14(27-16(15)11-23)9-17(24)20-13-5-3-2-4-6-13/h2-8,10,12,14-16,21,23H,9,11H2,1H3,(H,20,24)/t14-,15+,16-/m0/s1. The van der Waals surface area contributed by atoms with Gasteiger partial charge in [0.15, 0.2) is 5.03 Å². The number of aliphatic hydroxyl groups is 1. The van der Waals surface area contributed by atoms with Crippen LogP contribution >= 0.6 is 0 Å². The summed E-state index contributed by atoms with van der Waals surface area (Å²) < 4.78 is 34.5. The molecule has 0 saturated carbocycles. The average molecular weight is 406 g/mol. The SMILES string of the molecule is Cn1cnc(S(=O)(=O)N[C@@H]2C=C[C@@H](CC(=O)Nc3ccccc3)O[C@H]2CO)c1. The van der Waals surface area contributed by atoms with E-state index >= 15 is 0 Å².